The molecule has 0 atom stereocenters. The van der Waals surface area contributed by atoms with Gasteiger partial charge in [-0.05, 0) is 23.7 Å². The highest BCUT2D eigenvalue weighted by Gasteiger charge is 2.09. The summed E-state index contributed by atoms with van der Waals surface area (Å²) in [6.07, 6.45) is 0.366. The molecule has 0 unspecified atom stereocenters. The number of nitrogens with one attached hydrogen (secondary N) is 1. The first-order valence-corrected chi connectivity index (χ1v) is 4.61. The van der Waals surface area contributed by atoms with Crippen LogP contribution in [0.1, 0.15) is 23.7 Å². The molecule has 3 nitrogen and oxygen atoms in total. The van der Waals surface area contributed by atoms with Gasteiger partial charge in [0.25, 0.3) is 5.24 Å². The fraction of sp³-hybridized carbons (Fsp3) is 0.200. The predicted octanol–water partition coefficient (Wildman–Crippen LogP) is 2.41. The lowest BCUT2D eigenvalue weighted by molar-refractivity contribution is -0.115. The van der Waals surface area contributed by atoms with E-state index in [2.05, 4.69) is 5.32 Å². The molecule has 1 aromatic carbocycles. The smallest absolute Gasteiger partial charge is 0.254 e. The van der Waals surface area contributed by atoms with Crippen molar-refractivity contribution in [1.29, 1.82) is 0 Å². The van der Waals surface area contributed by atoms with Crippen molar-refractivity contribution in [2.75, 3.05) is 5.32 Å². The Hall–Kier alpha value is -1.35. The topological polar surface area (TPSA) is 46.2 Å². The van der Waals surface area contributed by atoms with Crippen LogP contribution < -0.4 is 5.32 Å². The zero-order valence-electron chi connectivity index (χ0n) is 7.71. The average molecular weight is 212 g/mol. The maximum absolute atomic E-state index is 11.1. The standard InChI is InChI=1S/C10H10ClNO2/c1-2-9(13)12-8-6-4-3-5-7(8)10(11)14/h3-6H,2H2,1H3,(H,12,13). The zero-order valence-corrected chi connectivity index (χ0v) is 8.47. The van der Waals surface area contributed by atoms with Gasteiger partial charge in [0.1, 0.15) is 0 Å². The lowest BCUT2D eigenvalue weighted by Gasteiger charge is -2.06. The molecule has 1 N–H and O–H groups in total. The monoisotopic (exact) mass is 211 g/mol. The normalized spacial score (nSPS) is 9.57. The van der Waals surface area contributed by atoms with Crippen molar-refractivity contribution in [3.05, 3.63) is 29.8 Å². The highest BCUT2D eigenvalue weighted by Crippen LogP contribution is 2.17. The highest BCUT2D eigenvalue weighted by atomic mass is 35.5. The first-order chi connectivity index (χ1) is 6.65. The second-order valence-corrected chi connectivity index (χ2v) is 3.06. The molecule has 14 heavy (non-hydrogen) atoms. The van der Waals surface area contributed by atoms with E-state index in [0.717, 1.165) is 0 Å². The van der Waals surface area contributed by atoms with Gasteiger partial charge in [0.15, 0.2) is 0 Å². The number of carbonyl (C=O) groups is 2. The van der Waals surface area contributed by atoms with Gasteiger partial charge in [-0.2, -0.15) is 0 Å². The van der Waals surface area contributed by atoms with Crippen molar-refractivity contribution in [1.82, 2.24) is 0 Å². The second-order valence-electron chi connectivity index (χ2n) is 2.72. The van der Waals surface area contributed by atoms with Crippen LogP contribution >= 0.6 is 11.6 Å². The van der Waals surface area contributed by atoms with Crippen LogP contribution in [0.5, 0.6) is 0 Å². The van der Waals surface area contributed by atoms with Crippen molar-refractivity contribution in [3.8, 4) is 0 Å². The van der Waals surface area contributed by atoms with Gasteiger partial charge in [-0.3, -0.25) is 9.59 Å². The van der Waals surface area contributed by atoms with Gasteiger partial charge in [-0.1, -0.05) is 19.1 Å². The lowest BCUT2D eigenvalue weighted by Crippen LogP contribution is -2.11. The maximum Gasteiger partial charge on any atom is 0.254 e. The molecule has 74 valence electrons. The van der Waals surface area contributed by atoms with Crippen LogP contribution in [-0.4, -0.2) is 11.1 Å². The maximum atomic E-state index is 11.1. The minimum absolute atomic E-state index is 0.143. The predicted molar refractivity (Wildman–Crippen MR) is 55.5 cm³/mol. The highest BCUT2D eigenvalue weighted by molar-refractivity contribution is 6.68. The van der Waals surface area contributed by atoms with Crippen molar-refractivity contribution >= 4 is 28.4 Å². The summed E-state index contributed by atoms with van der Waals surface area (Å²) < 4.78 is 0. The summed E-state index contributed by atoms with van der Waals surface area (Å²) in [6.45, 7) is 1.74. The zero-order chi connectivity index (χ0) is 10.6. The van der Waals surface area contributed by atoms with E-state index in [1.807, 2.05) is 0 Å². The fourth-order valence-corrected chi connectivity index (χ4v) is 1.17. The van der Waals surface area contributed by atoms with E-state index in [4.69, 9.17) is 11.6 Å². The third-order valence-electron chi connectivity index (χ3n) is 1.73. The first kappa shape index (κ1) is 10.7. The molecule has 0 aromatic heterocycles. The molecule has 0 aliphatic rings. The third-order valence-corrected chi connectivity index (χ3v) is 1.94. The molecule has 0 radical (unpaired) electrons. The number of amides is 1. The molecule has 0 fully saturated rings. The Morgan fingerprint density at radius 3 is 2.57 bits per heavy atom. The van der Waals surface area contributed by atoms with Crippen LogP contribution in [0.25, 0.3) is 0 Å². The van der Waals surface area contributed by atoms with Gasteiger partial charge in [0, 0.05) is 6.42 Å². The molecule has 1 aromatic rings. The molecule has 0 saturated carbocycles. The Bertz CT molecular complexity index is 363. The summed E-state index contributed by atoms with van der Waals surface area (Å²) in [7, 11) is 0. The van der Waals surface area contributed by atoms with E-state index in [9.17, 15) is 9.59 Å². The minimum Gasteiger partial charge on any atom is -0.325 e. The SMILES string of the molecule is CCC(=O)Nc1ccccc1C(=O)Cl. The molecule has 1 amide bonds. The van der Waals surface area contributed by atoms with Crippen LogP contribution in [-0.2, 0) is 4.79 Å². The molecule has 0 aliphatic heterocycles. The first-order valence-electron chi connectivity index (χ1n) is 4.24. The Morgan fingerprint density at radius 1 is 1.36 bits per heavy atom. The van der Waals surface area contributed by atoms with E-state index in [-0.39, 0.29) is 5.91 Å². The van der Waals surface area contributed by atoms with Gasteiger partial charge < -0.3 is 5.32 Å². The summed E-state index contributed by atoms with van der Waals surface area (Å²) in [5, 5.41) is 2.03. The van der Waals surface area contributed by atoms with Crippen molar-refractivity contribution in [3.63, 3.8) is 0 Å². The Labute approximate surface area is 87.1 Å². The Morgan fingerprint density at radius 2 is 2.00 bits per heavy atom. The number of anilines is 1. The van der Waals surface area contributed by atoms with E-state index >= 15 is 0 Å². The molecule has 1 rings (SSSR count). The van der Waals surface area contributed by atoms with E-state index < -0.39 is 5.24 Å². The van der Waals surface area contributed by atoms with E-state index in [1.54, 1.807) is 31.2 Å². The third kappa shape index (κ3) is 2.57. The van der Waals surface area contributed by atoms with Crippen LogP contribution in [0.4, 0.5) is 5.69 Å². The van der Waals surface area contributed by atoms with Gasteiger partial charge in [-0.15, -0.1) is 0 Å². The summed E-state index contributed by atoms with van der Waals surface area (Å²) in [5.41, 5.74) is 0.773. The molecule has 4 heteroatoms. The van der Waals surface area contributed by atoms with Crippen LogP contribution in [0.3, 0.4) is 0 Å². The van der Waals surface area contributed by atoms with Gasteiger partial charge in [-0.25, -0.2) is 0 Å². The van der Waals surface area contributed by atoms with Gasteiger partial charge in [0.2, 0.25) is 5.91 Å². The number of rotatable bonds is 3. The number of halogens is 1. The lowest BCUT2D eigenvalue weighted by atomic mass is 10.2. The van der Waals surface area contributed by atoms with E-state index in [1.165, 1.54) is 0 Å². The van der Waals surface area contributed by atoms with Crippen molar-refractivity contribution in [2.45, 2.75) is 13.3 Å². The Balaban J connectivity index is 2.95. The second kappa shape index (κ2) is 4.77. The van der Waals surface area contributed by atoms with Crippen molar-refractivity contribution in [2.24, 2.45) is 0 Å². The summed E-state index contributed by atoms with van der Waals surface area (Å²) in [5.74, 6) is -0.143. The number of hydrogen-bond donors (Lipinski definition) is 1. The number of hydrogen-bond acceptors (Lipinski definition) is 2. The van der Waals surface area contributed by atoms with Gasteiger partial charge in [0.05, 0.1) is 11.3 Å². The molecular weight excluding hydrogens is 202 g/mol. The largest absolute Gasteiger partial charge is 0.325 e. The number of benzene rings is 1. The summed E-state index contributed by atoms with van der Waals surface area (Å²) in [4.78, 5) is 22.0. The minimum atomic E-state index is -0.572. The molecular formula is C10H10ClNO2. The van der Waals surface area contributed by atoms with Gasteiger partial charge >= 0.3 is 0 Å². The molecule has 0 heterocycles. The summed E-state index contributed by atoms with van der Waals surface area (Å²) >= 11 is 5.34. The number of carbonyl (C=O) groups excluding carboxylic acids is 2. The molecule has 0 spiro atoms. The molecule has 0 saturated heterocycles. The van der Waals surface area contributed by atoms with Crippen LogP contribution in [0, 0.1) is 0 Å². The fourth-order valence-electron chi connectivity index (χ4n) is 1.00. The molecule has 0 bridgehead atoms. The quantitative estimate of drug-likeness (QED) is 0.781. The van der Waals surface area contributed by atoms with E-state index in [0.29, 0.717) is 17.7 Å². The molecule has 0 aliphatic carbocycles. The van der Waals surface area contributed by atoms with Crippen molar-refractivity contribution < 1.29 is 9.59 Å². The Kier molecular flexibility index (Phi) is 3.65. The number of para-hydroxylation sites is 1. The summed E-state index contributed by atoms with van der Waals surface area (Å²) in [6, 6.07) is 6.63. The van der Waals surface area contributed by atoms with Crippen LogP contribution in [0.15, 0.2) is 24.3 Å². The van der Waals surface area contributed by atoms with Crippen LogP contribution in [0.2, 0.25) is 0 Å². The average Bonchev–Trinajstić information content (AvgIpc) is 2.18.